The zero-order valence-electron chi connectivity index (χ0n) is 13.0. The van der Waals surface area contributed by atoms with Gasteiger partial charge in [-0.2, -0.15) is 12.7 Å². The number of hydrogen-bond acceptors (Lipinski definition) is 3. The molecule has 1 aliphatic heterocycles. The molecule has 21 heavy (non-hydrogen) atoms. The lowest BCUT2D eigenvalue weighted by molar-refractivity contribution is 0.264. The van der Waals surface area contributed by atoms with Crippen LogP contribution in [0, 0.1) is 19.8 Å². The van der Waals surface area contributed by atoms with Crippen molar-refractivity contribution < 1.29 is 8.42 Å². The molecular formula is C15H25N3O2S. The molecule has 0 aliphatic carbocycles. The molecule has 1 unspecified atom stereocenters. The van der Waals surface area contributed by atoms with Gasteiger partial charge in [0.2, 0.25) is 0 Å². The van der Waals surface area contributed by atoms with E-state index in [1.54, 1.807) is 4.31 Å². The van der Waals surface area contributed by atoms with Crippen LogP contribution < -0.4 is 10.0 Å². The van der Waals surface area contributed by atoms with Gasteiger partial charge in [0.15, 0.2) is 0 Å². The molecule has 118 valence electrons. The van der Waals surface area contributed by atoms with Crippen LogP contribution >= 0.6 is 0 Å². The van der Waals surface area contributed by atoms with Crippen LogP contribution in [0.2, 0.25) is 0 Å². The maximum absolute atomic E-state index is 12.5. The standard InChI is InChI=1S/C15H25N3O2S/c1-12-6-7-15(13(2)9-12)17-21(19,20)18-8-4-5-14(11-18)10-16-3/h6-7,9,14,16-17H,4-5,8,10-11H2,1-3H3. The highest BCUT2D eigenvalue weighted by Crippen LogP contribution is 2.22. The Morgan fingerprint density at radius 1 is 1.33 bits per heavy atom. The maximum atomic E-state index is 12.5. The minimum Gasteiger partial charge on any atom is -0.319 e. The van der Waals surface area contributed by atoms with Crippen molar-refractivity contribution in [2.24, 2.45) is 5.92 Å². The number of anilines is 1. The summed E-state index contributed by atoms with van der Waals surface area (Å²) in [5, 5.41) is 3.13. The van der Waals surface area contributed by atoms with Gasteiger partial charge in [-0.05, 0) is 57.8 Å². The molecule has 1 aromatic rings. The summed E-state index contributed by atoms with van der Waals surface area (Å²) < 4.78 is 29.4. The number of aryl methyl sites for hydroxylation is 2. The quantitative estimate of drug-likeness (QED) is 0.873. The summed E-state index contributed by atoms with van der Waals surface area (Å²) in [5.41, 5.74) is 2.74. The molecule has 6 heteroatoms. The SMILES string of the molecule is CNCC1CCCN(S(=O)(=O)Nc2ccc(C)cc2C)C1. The van der Waals surface area contributed by atoms with Crippen molar-refractivity contribution in [1.29, 1.82) is 0 Å². The van der Waals surface area contributed by atoms with Gasteiger partial charge in [0.05, 0.1) is 5.69 Å². The zero-order valence-corrected chi connectivity index (χ0v) is 13.8. The maximum Gasteiger partial charge on any atom is 0.301 e. The van der Waals surface area contributed by atoms with Crippen molar-refractivity contribution in [2.45, 2.75) is 26.7 Å². The second-order valence-electron chi connectivity index (χ2n) is 5.85. The summed E-state index contributed by atoms with van der Waals surface area (Å²) in [4.78, 5) is 0. The van der Waals surface area contributed by atoms with E-state index in [4.69, 9.17) is 0 Å². The van der Waals surface area contributed by atoms with E-state index in [2.05, 4.69) is 10.0 Å². The Labute approximate surface area is 127 Å². The highest BCUT2D eigenvalue weighted by atomic mass is 32.2. The third-order valence-electron chi connectivity index (χ3n) is 3.94. The Morgan fingerprint density at radius 3 is 2.76 bits per heavy atom. The van der Waals surface area contributed by atoms with Crippen molar-refractivity contribution >= 4 is 15.9 Å². The molecular weight excluding hydrogens is 286 g/mol. The van der Waals surface area contributed by atoms with Crippen LogP contribution in [-0.4, -0.2) is 39.4 Å². The van der Waals surface area contributed by atoms with Crippen molar-refractivity contribution in [1.82, 2.24) is 9.62 Å². The Balaban J connectivity index is 2.10. The molecule has 5 nitrogen and oxygen atoms in total. The van der Waals surface area contributed by atoms with Gasteiger partial charge in [-0.3, -0.25) is 4.72 Å². The third kappa shape index (κ3) is 4.18. The molecule has 2 rings (SSSR count). The first-order valence-electron chi connectivity index (χ1n) is 7.42. The Hall–Kier alpha value is -1.11. The van der Waals surface area contributed by atoms with E-state index in [0.29, 0.717) is 24.7 Å². The highest BCUT2D eigenvalue weighted by Gasteiger charge is 2.28. The summed E-state index contributed by atoms with van der Waals surface area (Å²) in [6.45, 7) is 5.96. The predicted molar refractivity (Wildman–Crippen MR) is 86.7 cm³/mol. The van der Waals surface area contributed by atoms with Crippen LogP contribution in [-0.2, 0) is 10.2 Å². The number of hydrogen-bond donors (Lipinski definition) is 2. The van der Waals surface area contributed by atoms with Gasteiger partial charge < -0.3 is 5.32 Å². The van der Waals surface area contributed by atoms with Crippen LogP contribution in [0.15, 0.2) is 18.2 Å². The molecule has 0 saturated carbocycles. The number of benzene rings is 1. The summed E-state index contributed by atoms with van der Waals surface area (Å²) in [5.74, 6) is 0.388. The molecule has 2 N–H and O–H groups in total. The fraction of sp³-hybridized carbons (Fsp3) is 0.600. The summed E-state index contributed by atoms with van der Waals surface area (Å²) in [6, 6.07) is 5.74. The van der Waals surface area contributed by atoms with E-state index < -0.39 is 10.2 Å². The molecule has 1 aliphatic rings. The number of nitrogens with zero attached hydrogens (tertiary/aromatic N) is 1. The molecule has 0 radical (unpaired) electrons. The summed E-state index contributed by atoms with van der Waals surface area (Å²) >= 11 is 0. The topological polar surface area (TPSA) is 61.4 Å². The normalized spacial score (nSPS) is 20.4. The van der Waals surface area contributed by atoms with E-state index in [0.717, 1.165) is 30.5 Å². The molecule has 1 atom stereocenters. The Kier molecular flexibility index (Phi) is 5.24. The van der Waals surface area contributed by atoms with Crippen LogP contribution in [0.25, 0.3) is 0 Å². The lowest BCUT2D eigenvalue weighted by Crippen LogP contribution is -2.44. The van der Waals surface area contributed by atoms with Gasteiger partial charge in [0.25, 0.3) is 0 Å². The lowest BCUT2D eigenvalue weighted by atomic mass is 10.00. The second-order valence-corrected chi connectivity index (χ2v) is 7.52. The summed E-state index contributed by atoms with van der Waals surface area (Å²) in [6.07, 6.45) is 2.00. The van der Waals surface area contributed by atoms with Crippen molar-refractivity contribution in [3.8, 4) is 0 Å². The van der Waals surface area contributed by atoms with E-state index in [1.807, 2.05) is 39.1 Å². The number of piperidine rings is 1. The molecule has 1 heterocycles. The van der Waals surface area contributed by atoms with Crippen LogP contribution in [0.5, 0.6) is 0 Å². The third-order valence-corrected chi connectivity index (χ3v) is 5.42. The first-order chi connectivity index (χ1) is 9.92. The van der Waals surface area contributed by atoms with Crippen molar-refractivity contribution in [3.05, 3.63) is 29.3 Å². The Morgan fingerprint density at radius 2 is 2.10 bits per heavy atom. The fourth-order valence-corrected chi connectivity index (χ4v) is 4.24. The molecule has 0 amide bonds. The van der Waals surface area contributed by atoms with Gasteiger partial charge in [-0.15, -0.1) is 0 Å². The van der Waals surface area contributed by atoms with Crippen LogP contribution in [0.4, 0.5) is 5.69 Å². The van der Waals surface area contributed by atoms with Crippen LogP contribution in [0.1, 0.15) is 24.0 Å². The van der Waals surface area contributed by atoms with E-state index in [9.17, 15) is 8.42 Å². The average Bonchev–Trinajstić information content (AvgIpc) is 2.43. The molecule has 0 spiro atoms. The zero-order chi connectivity index (χ0) is 15.5. The smallest absolute Gasteiger partial charge is 0.301 e. The lowest BCUT2D eigenvalue weighted by Gasteiger charge is -2.32. The molecule has 1 saturated heterocycles. The largest absolute Gasteiger partial charge is 0.319 e. The van der Waals surface area contributed by atoms with Crippen LogP contribution in [0.3, 0.4) is 0 Å². The average molecular weight is 311 g/mol. The van der Waals surface area contributed by atoms with Gasteiger partial charge in [-0.1, -0.05) is 17.7 Å². The van der Waals surface area contributed by atoms with Gasteiger partial charge in [0.1, 0.15) is 0 Å². The number of rotatable bonds is 5. The first kappa shape index (κ1) is 16.3. The highest BCUT2D eigenvalue weighted by molar-refractivity contribution is 7.90. The second kappa shape index (κ2) is 6.77. The van der Waals surface area contributed by atoms with E-state index >= 15 is 0 Å². The predicted octanol–water partition coefficient (Wildman–Crippen LogP) is 1.89. The van der Waals surface area contributed by atoms with Crippen molar-refractivity contribution in [2.75, 3.05) is 31.4 Å². The van der Waals surface area contributed by atoms with E-state index in [1.165, 1.54) is 0 Å². The van der Waals surface area contributed by atoms with E-state index in [-0.39, 0.29) is 0 Å². The van der Waals surface area contributed by atoms with Gasteiger partial charge in [0, 0.05) is 13.1 Å². The monoisotopic (exact) mass is 311 g/mol. The molecule has 1 aromatic carbocycles. The number of nitrogens with one attached hydrogen (secondary N) is 2. The summed E-state index contributed by atoms with van der Waals surface area (Å²) in [7, 11) is -1.56. The van der Waals surface area contributed by atoms with Gasteiger partial charge in [-0.25, -0.2) is 0 Å². The fourth-order valence-electron chi connectivity index (χ4n) is 2.83. The Bertz CT molecular complexity index is 585. The minimum absolute atomic E-state index is 0.388. The molecule has 0 aromatic heterocycles. The minimum atomic E-state index is -3.47. The first-order valence-corrected chi connectivity index (χ1v) is 8.86. The van der Waals surface area contributed by atoms with Gasteiger partial charge >= 0.3 is 10.2 Å². The molecule has 1 fully saturated rings. The van der Waals surface area contributed by atoms with Crippen molar-refractivity contribution in [3.63, 3.8) is 0 Å². The molecule has 0 bridgehead atoms.